The lowest BCUT2D eigenvalue weighted by molar-refractivity contribution is -0.170. The van der Waals surface area contributed by atoms with Gasteiger partial charge < -0.3 is 4.74 Å². The molecule has 1 aliphatic carbocycles. The third-order valence-electron chi connectivity index (χ3n) is 5.42. The number of esters is 1. The quantitative estimate of drug-likeness (QED) is 0.420. The molecule has 1 fully saturated rings. The summed E-state index contributed by atoms with van der Waals surface area (Å²) in [7, 11) is 1.30. The summed E-state index contributed by atoms with van der Waals surface area (Å²) in [5, 5.41) is 0. The zero-order chi connectivity index (χ0) is 18.7. The first kappa shape index (κ1) is 20.3. The number of ketones is 2. The standard InChI is InChI=1S/C20H30O4/c1-8-9-15-12-20(18(23)24-7,11-10-13(2)3)17(22)16(14(4)21)19(15,5)6/h8,10,15-16H,1,9,11-12H2,2-7H3/t15-,16?,20+/m1/s1. The Kier molecular flexibility index (Phi) is 6.32. The Morgan fingerprint density at radius 3 is 2.29 bits per heavy atom. The molecule has 0 aromatic heterocycles. The van der Waals surface area contributed by atoms with Crippen molar-refractivity contribution < 1.29 is 19.1 Å². The number of carbonyl (C=O) groups excluding carboxylic acids is 3. The highest BCUT2D eigenvalue weighted by molar-refractivity contribution is 6.14. The van der Waals surface area contributed by atoms with Gasteiger partial charge in [-0.05, 0) is 51.4 Å². The van der Waals surface area contributed by atoms with Crippen LogP contribution >= 0.6 is 0 Å². The van der Waals surface area contributed by atoms with Gasteiger partial charge in [-0.2, -0.15) is 0 Å². The van der Waals surface area contributed by atoms with Gasteiger partial charge in [0.05, 0.1) is 13.0 Å². The molecule has 0 aromatic rings. The molecule has 0 heterocycles. The van der Waals surface area contributed by atoms with Crippen molar-refractivity contribution in [2.24, 2.45) is 22.7 Å². The van der Waals surface area contributed by atoms with Crippen LogP contribution in [0.5, 0.6) is 0 Å². The van der Waals surface area contributed by atoms with Crippen molar-refractivity contribution in [1.82, 2.24) is 0 Å². The summed E-state index contributed by atoms with van der Waals surface area (Å²) in [6.45, 7) is 13.0. The van der Waals surface area contributed by atoms with Crippen LogP contribution in [0.25, 0.3) is 0 Å². The number of Topliss-reactive ketones (excluding diaryl/α,β-unsaturated/α-hetero) is 2. The van der Waals surface area contributed by atoms with E-state index in [1.165, 1.54) is 14.0 Å². The topological polar surface area (TPSA) is 60.4 Å². The summed E-state index contributed by atoms with van der Waals surface area (Å²) in [6, 6.07) is 0. The third kappa shape index (κ3) is 3.52. The van der Waals surface area contributed by atoms with Crippen LogP contribution in [-0.4, -0.2) is 24.6 Å². The molecule has 4 heteroatoms. The van der Waals surface area contributed by atoms with Gasteiger partial charge in [-0.1, -0.05) is 31.6 Å². The second-order valence-corrected chi connectivity index (χ2v) is 7.71. The minimum atomic E-state index is -1.29. The molecule has 0 aliphatic heterocycles. The molecule has 0 bridgehead atoms. The van der Waals surface area contributed by atoms with Crippen molar-refractivity contribution in [1.29, 1.82) is 0 Å². The van der Waals surface area contributed by atoms with E-state index in [1.807, 2.05) is 33.8 Å². The van der Waals surface area contributed by atoms with Gasteiger partial charge in [-0.25, -0.2) is 0 Å². The van der Waals surface area contributed by atoms with Gasteiger partial charge in [-0.15, -0.1) is 6.58 Å². The summed E-state index contributed by atoms with van der Waals surface area (Å²) in [6.07, 6.45) is 4.98. The predicted octanol–water partition coefficient (Wildman–Crippen LogP) is 3.90. The Bertz CT molecular complexity index is 566. The van der Waals surface area contributed by atoms with Crippen molar-refractivity contribution in [2.75, 3.05) is 7.11 Å². The normalized spacial score (nSPS) is 28.8. The van der Waals surface area contributed by atoms with E-state index in [4.69, 9.17) is 4.74 Å². The Morgan fingerprint density at radius 1 is 1.29 bits per heavy atom. The van der Waals surface area contributed by atoms with Gasteiger partial charge in [0.2, 0.25) is 0 Å². The van der Waals surface area contributed by atoms with Crippen molar-refractivity contribution in [3.05, 3.63) is 24.3 Å². The highest BCUT2D eigenvalue weighted by Crippen LogP contribution is 2.53. The highest BCUT2D eigenvalue weighted by Gasteiger charge is 2.60. The molecular formula is C20H30O4. The van der Waals surface area contributed by atoms with Gasteiger partial charge >= 0.3 is 5.97 Å². The summed E-state index contributed by atoms with van der Waals surface area (Å²) in [4.78, 5) is 38.2. The molecule has 0 aromatic carbocycles. The van der Waals surface area contributed by atoms with E-state index in [9.17, 15) is 14.4 Å². The van der Waals surface area contributed by atoms with E-state index in [-0.39, 0.29) is 23.9 Å². The minimum absolute atomic E-state index is 0.00580. The van der Waals surface area contributed by atoms with Gasteiger partial charge in [0.1, 0.15) is 11.2 Å². The van der Waals surface area contributed by atoms with E-state index < -0.39 is 22.7 Å². The molecule has 1 unspecified atom stereocenters. The van der Waals surface area contributed by atoms with E-state index >= 15 is 0 Å². The lowest BCUT2D eigenvalue weighted by atomic mass is 9.51. The Hall–Kier alpha value is -1.71. The molecular weight excluding hydrogens is 304 g/mol. The molecule has 4 nitrogen and oxygen atoms in total. The lowest BCUT2D eigenvalue weighted by Gasteiger charge is -2.50. The van der Waals surface area contributed by atoms with Gasteiger partial charge in [-0.3, -0.25) is 14.4 Å². The molecule has 3 atom stereocenters. The highest BCUT2D eigenvalue weighted by atomic mass is 16.5. The maximum Gasteiger partial charge on any atom is 0.319 e. The predicted molar refractivity (Wildman–Crippen MR) is 94.4 cm³/mol. The second kappa shape index (κ2) is 7.45. The number of methoxy groups -OCH3 is 1. The van der Waals surface area contributed by atoms with Crippen LogP contribution in [-0.2, 0) is 19.1 Å². The van der Waals surface area contributed by atoms with Crippen LogP contribution < -0.4 is 0 Å². The number of rotatable bonds is 6. The molecule has 1 saturated carbocycles. The maximum absolute atomic E-state index is 13.3. The van der Waals surface area contributed by atoms with Crippen LogP contribution in [0.3, 0.4) is 0 Å². The summed E-state index contributed by atoms with van der Waals surface area (Å²) in [5.41, 5.74) is -0.777. The van der Waals surface area contributed by atoms with E-state index in [2.05, 4.69) is 6.58 Å². The average molecular weight is 334 g/mol. The van der Waals surface area contributed by atoms with Gasteiger partial charge in [0.25, 0.3) is 0 Å². The van der Waals surface area contributed by atoms with Gasteiger partial charge in [0.15, 0.2) is 5.78 Å². The fraction of sp³-hybridized carbons (Fsp3) is 0.650. The molecule has 0 spiro atoms. The first-order valence-corrected chi connectivity index (χ1v) is 8.42. The maximum atomic E-state index is 13.3. The number of carbonyl (C=O) groups is 3. The molecule has 24 heavy (non-hydrogen) atoms. The van der Waals surface area contributed by atoms with Crippen molar-refractivity contribution in [3.63, 3.8) is 0 Å². The molecule has 0 N–H and O–H groups in total. The second-order valence-electron chi connectivity index (χ2n) is 7.71. The molecule has 1 rings (SSSR count). The molecule has 134 valence electrons. The molecule has 0 saturated heterocycles. The van der Waals surface area contributed by atoms with Crippen LogP contribution in [0.1, 0.15) is 53.9 Å². The van der Waals surface area contributed by atoms with E-state index in [1.54, 1.807) is 6.08 Å². The van der Waals surface area contributed by atoms with Gasteiger partial charge in [0, 0.05) is 0 Å². The zero-order valence-corrected chi connectivity index (χ0v) is 15.8. The van der Waals surface area contributed by atoms with E-state index in [0.717, 1.165) is 5.57 Å². The van der Waals surface area contributed by atoms with E-state index in [0.29, 0.717) is 12.8 Å². The largest absolute Gasteiger partial charge is 0.468 e. The molecule has 0 radical (unpaired) electrons. The third-order valence-corrected chi connectivity index (χ3v) is 5.42. The number of ether oxygens (including phenoxy) is 1. The number of allylic oxidation sites excluding steroid dienone is 3. The smallest absolute Gasteiger partial charge is 0.319 e. The van der Waals surface area contributed by atoms with Crippen LogP contribution in [0.4, 0.5) is 0 Å². The Balaban J connectivity index is 3.53. The number of hydrogen-bond acceptors (Lipinski definition) is 4. The summed E-state index contributed by atoms with van der Waals surface area (Å²) >= 11 is 0. The average Bonchev–Trinajstić information content (AvgIpc) is 2.47. The first-order valence-electron chi connectivity index (χ1n) is 8.42. The zero-order valence-electron chi connectivity index (χ0n) is 15.8. The van der Waals surface area contributed by atoms with Crippen LogP contribution in [0.2, 0.25) is 0 Å². The first-order chi connectivity index (χ1) is 11.0. The monoisotopic (exact) mass is 334 g/mol. The van der Waals surface area contributed by atoms with Crippen molar-refractivity contribution in [2.45, 2.75) is 53.9 Å². The fourth-order valence-corrected chi connectivity index (χ4v) is 3.96. The van der Waals surface area contributed by atoms with Crippen molar-refractivity contribution in [3.8, 4) is 0 Å². The van der Waals surface area contributed by atoms with Crippen LogP contribution in [0, 0.1) is 22.7 Å². The summed E-state index contributed by atoms with van der Waals surface area (Å²) < 4.78 is 4.99. The Morgan fingerprint density at radius 2 is 1.88 bits per heavy atom. The summed E-state index contributed by atoms with van der Waals surface area (Å²) in [5.74, 6) is -1.83. The van der Waals surface area contributed by atoms with Crippen molar-refractivity contribution >= 4 is 17.5 Å². The SMILES string of the molecule is C=CC[C@@H]1C[C@](CC=C(C)C)(C(=O)OC)C(=O)C(C(C)=O)C1(C)C. The molecule has 1 aliphatic rings. The minimum Gasteiger partial charge on any atom is -0.468 e. The lowest BCUT2D eigenvalue weighted by Crippen LogP contribution is -2.57. The van der Waals surface area contributed by atoms with Crippen LogP contribution in [0.15, 0.2) is 24.3 Å². The molecule has 0 amide bonds. The number of hydrogen-bond donors (Lipinski definition) is 0. The fourth-order valence-electron chi connectivity index (χ4n) is 3.96. The Labute approximate surface area is 145 Å².